The van der Waals surface area contributed by atoms with Gasteiger partial charge < -0.3 is 10.2 Å². The summed E-state index contributed by atoms with van der Waals surface area (Å²) in [6.07, 6.45) is 0.971. The molecule has 0 atom stereocenters. The second-order valence-electron chi connectivity index (χ2n) is 2.99. The first-order valence-electron chi connectivity index (χ1n) is 4.80. The Balaban J connectivity index is 2.47. The maximum Gasteiger partial charge on any atom is 0.274 e. The Labute approximate surface area is 103 Å². The average Bonchev–Trinajstić information content (AvgIpc) is 2.62. The van der Waals surface area contributed by atoms with Gasteiger partial charge in [-0.1, -0.05) is 23.4 Å². The molecular formula is C8H13ClN4O2S. The molecule has 1 N–H and O–H groups in total. The largest absolute Gasteiger partial charge is 0.365 e. The molecule has 0 spiro atoms. The second kappa shape index (κ2) is 6.59. The molecule has 1 aliphatic rings. The number of rotatable bonds is 4. The molecule has 6 nitrogen and oxygen atoms in total. The lowest BCUT2D eigenvalue weighted by molar-refractivity contribution is -0.404. The highest BCUT2D eigenvalue weighted by atomic mass is 35.5. The Morgan fingerprint density at radius 1 is 1.88 bits per heavy atom. The van der Waals surface area contributed by atoms with Crippen LogP contribution in [-0.2, 0) is 0 Å². The molecule has 0 aromatic carbocycles. The monoisotopic (exact) mass is 264 g/mol. The third-order valence-electron chi connectivity index (χ3n) is 1.88. The van der Waals surface area contributed by atoms with Crippen molar-refractivity contribution in [2.45, 2.75) is 6.92 Å². The van der Waals surface area contributed by atoms with Gasteiger partial charge in [0.2, 0.25) is 0 Å². The van der Waals surface area contributed by atoms with Gasteiger partial charge in [0.05, 0.1) is 10.8 Å². The van der Waals surface area contributed by atoms with Crippen LogP contribution >= 0.6 is 23.4 Å². The minimum atomic E-state index is -0.465. The number of nitro groups is 1. The number of hydrogen-bond acceptors (Lipinski definition) is 6. The second-order valence-corrected chi connectivity index (χ2v) is 4.51. The molecule has 0 radical (unpaired) electrons. The summed E-state index contributed by atoms with van der Waals surface area (Å²) in [5.74, 6) is 1.09. The van der Waals surface area contributed by atoms with Crippen molar-refractivity contribution in [3.8, 4) is 0 Å². The molecule has 1 heterocycles. The van der Waals surface area contributed by atoms with E-state index in [1.54, 1.807) is 0 Å². The third kappa shape index (κ3) is 4.28. The number of halogens is 1. The zero-order chi connectivity index (χ0) is 12.0. The maximum atomic E-state index is 10.3. The van der Waals surface area contributed by atoms with Crippen LogP contribution in [0.25, 0.3) is 0 Å². The number of nitrogens with one attached hydrogen (secondary N) is 1. The van der Waals surface area contributed by atoms with E-state index >= 15 is 0 Å². The van der Waals surface area contributed by atoms with Crippen molar-refractivity contribution < 1.29 is 4.92 Å². The van der Waals surface area contributed by atoms with Crippen LogP contribution in [-0.4, -0.2) is 39.8 Å². The molecule has 0 aliphatic carbocycles. The predicted octanol–water partition coefficient (Wildman–Crippen LogP) is 1.27. The molecule has 1 fully saturated rings. The first kappa shape index (κ1) is 13.1. The van der Waals surface area contributed by atoms with E-state index in [1.807, 2.05) is 11.8 Å². The quantitative estimate of drug-likeness (QED) is 0.358. The predicted molar refractivity (Wildman–Crippen MR) is 66.1 cm³/mol. The zero-order valence-electron chi connectivity index (χ0n) is 8.85. The van der Waals surface area contributed by atoms with Gasteiger partial charge in [-0.2, -0.15) is 0 Å². The number of thioether (sulfide) groups is 1. The van der Waals surface area contributed by atoms with Gasteiger partial charge in [0, 0.05) is 19.6 Å². The van der Waals surface area contributed by atoms with Gasteiger partial charge in [0.25, 0.3) is 6.20 Å². The van der Waals surface area contributed by atoms with Crippen LogP contribution in [0.1, 0.15) is 6.92 Å². The lowest BCUT2D eigenvalue weighted by Crippen LogP contribution is -2.21. The smallest absolute Gasteiger partial charge is 0.274 e. The lowest BCUT2D eigenvalue weighted by atomic mass is 10.6. The Morgan fingerprint density at radius 2 is 2.62 bits per heavy atom. The van der Waals surface area contributed by atoms with Crippen LogP contribution in [0.4, 0.5) is 0 Å². The highest BCUT2D eigenvalue weighted by Gasteiger charge is 2.19. The van der Waals surface area contributed by atoms with E-state index in [4.69, 9.17) is 11.6 Å². The first-order chi connectivity index (χ1) is 7.63. The molecule has 0 bridgehead atoms. The van der Waals surface area contributed by atoms with Crippen molar-refractivity contribution in [1.82, 2.24) is 10.2 Å². The Hall–Kier alpha value is -0.950. The Bertz CT molecular complexity index is 321. The van der Waals surface area contributed by atoms with Crippen LogP contribution in [0.2, 0.25) is 0 Å². The SMILES string of the molecule is CCN=C(Cl)SCN1CCN/C1=C\[N+](=O)[O-]. The van der Waals surface area contributed by atoms with Crippen molar-refractivity contribution in [3.63, 3.8) is 0 Å². The van der Waals surface area contributed by atoms with Crippen LogP contribution in [0, 0.1) is 10.1 Å². The number of aliphatic imine (C=N–C) groups is 1. The lowest BCUT2D eigenvalue weighted by Gasteiger charge is -2.15. The summed E-state index contributed by atoms with van der Waals surface area (Å²) < 4.78 is 0.481. The van der Waals surface area contributed by atoms with E-state index < -0.39 is 4.92 Å². The van der Waals surface area contributed by atoms with E-state index in [9.17, 15) is 10.1 Å². The summed E-state index contributed by atoms with van der Waals surface area (Å²) in [5, 5.41) is 13.3. The highest BCUT2D eigenvalue weighted by Crippen LogP contribution is 2.16. The standard InChI is InChI=1S/C8H13ClN4O2S/c1-2-10-8(9)16-6-12-4-3-11-7(12)5-13(14)15/h5,11H,2-4,6H2,1H3/b7-5+,10-8?. The van der Waals surface area contributed by atoms with E-state index in [1.165, 1.54) is 11.8 Å². The molecule has 1 saturated heterocycles. The van der Waals surface area contributed by atoms with E-state index in [2.05, 4.69) is 10.3 Å². The van der Waals surface area contributed by atoms with Gasteiger partial charge in [-0.25, -0.2) is 0 Å². The Kier molecular flexibility index (Phi) is 5.41. The summed E-state index contributed by atoms with van der Waals surface area (Å²) in [7, 11) is 0. The minimum Gasteiger partial charge on any atom is -0.365 e. The van der Waals surface area contributed by atoms with Crippen LogP contribution in [0.5, 0.6) is 0 Å². The minimum absolute atomic E-state index is 0.465. The van der Waals surface area contributed by atoms with Crippen LogP contribution in [0.3, 0.4) is 0 Å². The van der Waals surface area contributed by atoms with E-state index in [0.29, 0.717) is 29.3 Å². The first-order valence-corrected chi connectivity index (χ1v) is 6.16. The molecule has 90 valence electrons. The van der Waals surface area contributed by atoms with Gasteiger partial charge in [-0.3, -0.25) is 15.1 Å². The van der Waals surface area contributed by atoms with Crippen LogP contribution < -0.4 is 5.32 Å². The van der Waals surface area contributed by atoms with Crippen molar-refractivity contribution in [2.24, 2.45) is 4.99 Å². The van der Waals surface area contributed by atoms with E-state index in [0.717, 1.165) is 12.7 Å². The fourth-order valence-electron chi connectivity index (χ4n) is 1.21. The molecule has 0 saturated carbocycles. The highest BCUT2D eigenvalue weighted by molar-refractivity contribution is 8.16. The fraction of sp³-hybridized carbons (Fsp3) is 0.625. The number of hydrogen-bond donors (Lipinski definition) is 1. The maximum absolute atomic E-state index is 10.3. The Morgan fingerprint density at radius 3 is 3.25 bits per heavy atom. The van der Waals surface area contributed by atoms with Crippen molar-refractivity contribution in [1.29, 1.82) is 0 Å². The van der Waals surface area contributed by atoms with Gasteiger partial charge in [-0.05, 0) is 6.92 Å². The van der Waals surface area contributed by atoms with Gasteiger partial charge in [0.1, 0.15) is 0 Å². The van der Waals surface area contributed by atoms with Crippen LogP contribution in [0.15, 0.2) is 17.0 Å². The molecule has 8 heteroatoms. The average molecular weight is 265 g/mol. The summed E-state index contributed by atoms with van der Waals surface area (Å²) in [6, 6.07) is 0. The normalized spacial score (nSPS) is 19.0. The molecule has 0 aromatic rings. The summed E-state index contributed by atoms with van der Waals surface area (Å²) in [5.41, 5.74) is 0. The molecule has 0 amide bonds. The molecule has 1 aliphatic heterocycles. The van der Waals surface area contributed by atoms with Crippen molar-refractivity contribution >= 4 is 27.9 Å². The van der Waals surface area contributed by atoms with Gasteiger partial charge >= 0.3 is 0 Å². The molecule has 16 heavy (non-hydrogen) atoms. The number of nitrogens with zero attached hydrogens (tertiary/aromatic N) is 3. The summed E-state index contributed by atoms with van der Waals surface area (Å²) in [4.78, 5) is 15.8. The van der Waals surface area contributed by atoms with E-state index in [-0.39, 0.29) is 0 Å². The summed E-state index contributed by atoms with van der Waals surface area (Å²) in [6.45, 7) is 3.99. The topological polar surface area (TPSA) is 70.8 Å². The van der Waals surface area contributed by atoms with Gasteiger partial charge in [-0.15, -0.1) is 0 Å². The molecule has 1 rings (SSSR count). The molecule has 0 unspecified atom stereocenters. The third-order valence-corrected chi connectivity index (χ3v) is 3.13. The molecule has 0 aromatic heterocycles. The van der Waals surface area contributed by atoms with Crippen molar-refractivity contribution in [3.05, 3.63) is 22.1 Å². The fourth-order valence-corrected chi connectivity index (χ4v) is 2.23. The van der Waals surface area contributed by atoms with Crippen molar-refractivity contribution in [2.75, 3.05) is 25.5 Å². The zero-order valence-corrected chi connectivity index (χ0v) is 10.4. The summed E-state index contributed by atoms with van der Waals surface area (Å²) >= 11 is 7.19. The van der Waals surface area contributed by atoms with Gasteiger partial charge in [0.15, 0.2) is 10.3 Å². The molecular weight excluding hydrogens is 252 g/mol.